The third-order valence-corrected chi connectivity index (χ3v) is 4.23. The Kier molecular flexibility index (Phi) is 4.06. The topological polar surface area (TPSA) is 53.1 Å². The first-order chi connectivity index (χ1) is 11.7. The molecule has 3 nitrogen and oxygen atoms in total. The van der Waals surface area contributed by atoms with Gasteiger partial charge in [-0.15, -0.1) is 0 Å². The maximum Gasteiger partial charge on any atom is 0.418 e. The maximum absolute atomic E-state index is 13.3. The van der Waals surface area contributed by atoms with E-state index in [-0.39, 0.29) is 17.3 Å². The van der Waals surface area contributed by atoms with Crippen molar-refractivity contribution in [3.8, 4) is 11.3 Å². The van der Waals surface area contributed by atoms with Crippen LogP contribution in [0, 0.1) is 13.8 Å². The van der Waals surface area contributed by atoms with Crippen molar-refractivity contribution in [2.45, 2.75) is 26.4 Å². The Balaban J connectivity index is 2.36. The third-order valence-electron chi connectivity index (χ3n) is 4.23. The van der Waals surface area contributed by atoms with Gasteiger partial charge >= 0.3 is 12.1 Å². The van der Waals surface area contributed by atoms with Gasteiger partial charge < -0.3 is 10.1 Å². The van der Waals surface area contributed by atoms with Crippen molar-refractivity contribution in [2.75, 3.05) is 0 Å². The minimum Gasteiger partial charge on any atom is -0.481 e. The number of alkyl halides is 3. The minimum atomic E-state index is -4.52. The third kappa shape index (κ3) is 3.12. The van der Waals surface area contributed by atoms with E-state index in [9.17, 15) is 23.1 Å². The number of hydrogen-bond donors (Lipinski definition) is 2. The molecule has 0 aliphatic heterocycles. The van der Waals surface area contributed by atoms with Crippen LogP contribution in [0.25, 0.3) is 22.2 Å². The number of aromatic amines is 1. The predicted octanol–water partition coefficient (Wildman–Crippen LogP) is 5.10. The lowest BCUT2D eigenvalue weighted by Gasteiger charge is -2.08. The summed E-state index contributed by atoms with van der Waals surface area (Å²) in [5.74, 6) is -1.09. The molecule has 1 heterocycles. The first-order valence-corrected chi connectivity index (χ1v) is 7.68. The number of aromatic nitrogens is 1. The number of carbonyl (C=O) groups is 1. The van der Waals surface area contributed by atoms with E-state index in [0.717, 1.165) is 17.2 Å². The number of aryl methyl sites for hydroxylation is 2. The van der Waals surface area contributed by atoms with E-state index in [1.165, 1.54) is 12.1 Å². The fourth-order valence-corrected chi connectivity index (χ4v) is 3.17. The first-order valence-electron chi connectivity index (χ1n) is 7.68. The van der Waals surface area contributed by atoms with Crippen LogP contribution in [0.15, 0.2) is 36.4 Å². The number of fused-ring (bicyclic) bond motifs is 1. The van der Waals surface area contributed by atoms with Gasteiger partial charge in [-0.05, 0) is 31.0 Å². The number of nitrogens with one attached hydrogen (secondary N) is 1. The van der Waals surface area contributed by atoms with Crippen LogP contribution in [0.4, 0.5) is 13.2 Å². The number of carboxylic acid groups (broad SMARTS) is 1. The van der Waals surface area contributed by atoms with E-state index in [4.69, 9.17) is 0 Å². The van der Waals surface area contributed by atoms with Crippen LogP contribution in [0.5, 0.6) is 0 Å². The van der Waals surface area contributed by atoms with Gasteiger partial charge in [0.15, 0.2) is 0 Å². The standard InChI is InChI=1S/C19H16F3NO2/c1-10-6-7-12(11(2)8-10)17-14(9-16(24)25)13-4-3-5-15(18(13)23-17)19(20,21)22/h3-8,23H,9H2,1-2H3,(H,24,25). The van der Waals surface area contributed by atoms with E-state index in [2.05, 4.69) is 4.98 Å². The van der Waals surface area contributed by atoms with Crippen LogP contribution in [0.1, 0.15) is 22.3 Å². The number of benzene rings is 2. The lowest BCUT2D eigenvalue weighted by Crippen LogP contribution is -2.05. The zero-order valence-corrected chi connectivity index (χ0v) is 13.7. The highest BCUT2D eigenvalue weighted by atomic mass is 19.4. The molecule has 0 unspecified atom stereocenters. The summed E-state index contributed by atoms with van der Waals surface area (Å²) in [6, 6.07) is 9.38. The first kappa shape index (κ1) is 17.1. The highest BCUT2D eigenvalue weighted by molar-refractivity contribution is 5.96. The summed E-state index contributed by atoms with van der Waals surface area (Å²) in [7, 11) is 0. The Morgan fingerprint density at radius 3 is 2.48 bits per heavy atom. The normalized spacial score (nSPS) is 11.9. The Bertz CT molecular complexity index is 971. The Morgan fingerprint density at radius 2 is 1.88 bits per heavy atom. The molecule has 3 rings (SSSR count). The molecule has 130 valence electrons. The van der Waals surface area contributed by atoms with Crippen LogP contribution >= 0.6 is 0 Å². The summed E-state index contributed by atoms with van der Waals surface area (Å²) in [6.07, 6.45) is -4.88. The summed E-state index contributed by atoms with van der Waals surface area (Å²) in [4.78, 5) is 14.1. The van der Waals surface area contributed by atoms with Crippen molar-refractivity contribution in [3.63, 3.8) is 0 Å². The molecule has 0 fully saturated rings. The molecule has 0 saturated heterocycles. The van der Waals surface area contributed by atoms with Crippen molar-refractivity contribution in [3.05, 3.63) is 58.7 Å². The molecule has 0 amide bonds. The second-order valence-corrected chi connectivity index (χ2v) is 6.09. The highest BCUT2D eigenvalue weighted by Crippen LogP contribution is 2.39. The number of rotatable bonds is 3. The van der Waals surface area contributed by atoms with Gasteiger partial charge in [0.1, 0.15) is 0 Å². The van der Waals surface area contributed by atoms with Crippen LogP contribution in [-0.2, 0) is 17.4 Å². The summed E-state index contributed by atoms with van der Waals surface area (Å²) in [6.45, 7) is 3.77. The van der Waals surface area contributed by atoms with Gasteiger partial charge in [0.2, 0.25) is 0 Å². The van der Waals surface area contributed by atoms with Crippen molar-refractivity contribution in [1.82, 2.24) is 4.98 Å². The number of hydrogen-bond acceptors (Lipinski definition) is 1. The Labute approximate surface area is 142 Å². The average Bonchev–Trinajstić information content (AvgIpc) is 2.84. The molecule has 0 bridgehead atoms. The number of para-hydroxylation sites is 1. The monoisotopic (exact) mass is 347 g/mol. The molecule has 6 heteroatoms. The molecule has 1 aromatic heterocycles. The molecular formula is C19H16F3NO2. The van der Waals surface area contributed by atoms with Crippen molar-refractivity contribution in [2.24, 2.45) is 0 Å². The number of H-pyrrole nitrogens is 1. The van der Waals surface area contributed by atoms with Gasteiger partial charge in [-0.25, -0.2) is 0 Å². The van der Waals surface area contributed by atoms with Gasteiger partial charge in [0, 0.05) is 10.9 Å². The lowest BCUT2D eigenvalue weighted by molar-refractivity contribution is -0.137. The largest absolute Gasteiger partial charge is 0.481 e. The number of carboxylic acids is 1. The van der Waals surface area contributed by atoms with Crippen LogP contribution in [0.3, 0.4) is 0 Å². The van der Waals surface area contributed by atoms with E-state index >= 15 is 0 Å². The second kappa shape index (κ2) is 5.95. The van der Waals surface area contributed by atoms with Gasteiger partial charge in [0.25, 0.3) is 0 Å². The zero-order chi connectivity index (χ0) is 18.4. The fourth-order valence-electron chi connectivity index (χ4n) is 3.17. The summed E-state index contributed by atoms with van der Waals surface area (Å²) >= 11 is 0. The molecule has 0 radical (unpaired) electrons. The highest BCUT2D eigenvalue weighted by Gasteiger charge is 2.34. The molecule has 0 aliphatic carbocycles. The van der Waals surface area contributed by atoms with Gasteiger partial charge in [-0.2, -0.15) is 13.2 Å². The summed E-state index contributed by atoms with van der Waals surface area (Å²) in [5, 5.41) is 9.51. The van der Waals surface area contributed by atoms with Crippen LogP contribution < -0.4 is 0 Å². The SMILES string of the molecule is Cc1ccc(-c2[nH]c3c(C(F)(F)F)cccc3c2CC(=O)O)c(C)c1. The van der Waals surface area contributed by atoms with E-state index in [1.807, 2.05) is 26.0 Å². The average molecular weight is 347 g/mol. The molecule has 2 aromatic carbocycles. The number of aliphatic carboxylic acids is 1. The molecule has 25 heavy (non-hydrogen) atoms. The van der Waals surface area contributed by atoms with E-state index < -0.39 is 17.7 Å². The van der Waals surface area contributed by atoms with Crippen molar-refractivity contribution < 1.29 is 23.1 Å². The molecule has 2 N–H and O–H groups in total. The van der Waals surface area contributed by atoms with Gasteiger partial charge in [-0.1, -0.05) is 35.9 Å². The Morgan fingerprint density at radius 1 is 1.16 bits per heavy atom. The zero-order valence-electron chi connectivity index (χ0n) is 13.7. The molecule has 0 atom stereocenters. The van der Waals surface area contributed by atoms with Gasteiger partial charge in [0.05, 0.1) is 23.2 Å². The Hall–Kier alpha value is -2.76. The van der Waals surface area contributed by atoms with Crippen molar-refractivity contribution >= 4 is 16.9 Å². The van der Waals surface area contributed by atoms with Crippen LogP contribution in [0.2, 0.25) is 0 Å². The van der Waals surface area contributed by atoms with Gasteiger partial charge in [-0.3, -0.25) is 4.79 Å². The molecule has 0 saturated carbocycles. The quantitative estimate of drug-likeness (QED) is 0.693. The predicted molar refractivity (Wildman–Crippen MR) is 89.6 cm³/mol. The van der Waals surface area contributed by atoms with Crippen molar-refractivity contribution in [1.29, 1.82) is 0 Å². The smallest absolute Gasteiger partial charge is 0.418 e. The minimum absolute atomic E-state index is 0.0822. The lowest BCUT2D eigenvalue weighted by atomic mass is 9.97. The molecular weight excluding hydrogens is 331 g/mol. The summed E-state index contributed by atoms with van der Waals surface area (Å²) in [5.41, 5.74) is 2.49. The fraction of sp³-hybridized carbons (Fsp3) is 0.211. The van der Waals surface area contributed by atoms with E-state index in [0.29, 0.717) is 16.8 Å². The molecule has 0 spiro atoms. The molecule has 3 aromatic rings. The number of halogens is 3. The second-order valence-electron chi connectivity index (χ2n) is 6.09. The maximum atomic E-state index is 13.3. The summed E-state index contributed by atoms with van der Waals surface area (Å²) < 4.78 is 40.0. The van der Waals surface area contributed by atoms with Crippen LogP contribution in [-0.4, -0.2) is 16.1 Å². The van der Waals surface area contributed by atoms with E-state index in [1.54, 1.807) is 6.07 Å². The molecule has 0 aliphatic rings.